The standard InChI is InChI=1S/C14H20N2O3S/c1-9(2)14-16-10(3)12(20-14)13(18)15-8-6-5-7-11(17)19-4/h5,7,9H,6,8H2,1-4H3,(H,15,18)/b7-5+. The minimum Gasteiger partial charge on any atom is -0.466 e. The van der Waals surface area contributed by atoms with Crippen molar-refractivity contribution in [3.05, 3.63) is 27.7 Å². The first-order chi connectivity index (χ1) is 9.45. The largest absolute Gasteiger partial charge is 0.466 e. The lowest BCUT2D eigenvalue weighted by Gasteiger charge is -2.01. The van der Waals surface area contributed by atoms with Gasteiger partial charge in [-0.1, -0.05) is 19.9 Å². The maximum atomic E-state index is 12.0. The number of hydrogen-bond donors (Lipinski definition) is 1. The number of aromatic nitrogens is 1. The van der Waals surface area contributed by atoms with Crippen LogP contribution in [0.4, 0.5) is 0 Å². The smallest absolute Gasteiger partial charge is 0.330 e. The quantitative estimate of drug-likeness (QED) is 0.497. The Morgan fingerprint density at radius 3 is 2.70 bits per heavy atom. The summed E-state index contributed by atoms with van der Waals surface area (Å²) >= 11 is 1.43. The molecule has 0 unspecified atom stereocenters. The van der Waals surface area contributed by atoms with Crippen LogP contribution in [0.5, 0.6) is 0 Å². The zero-order chi connectivity index (χ0) is 15.1. The summed E-state index contributed by atoms with van der Waals surface area (Å²) in [6, 6.07) is 0. The Hall–Kier alpha value is -1.69. The Bertz CT molecular complexity index is 507. The first-order valence-electron chi connectivity index (χ1n) is 6.45. The van der Waals surface area contributed by atoms with Gasteiger partial charge in [0.05, 0.1) is 17.8 Å². The molecule has 6 heteroatoms. The fraction of sp³-hybridized carbons (Fsp3) is 0.500. The van der Waals surface area contributed by atoms with Gasteiger partial charge in [0.15, 0.2) is 0 Å². The zero-order valence-corrected chi connectivity index (χ0v) is 13.0. The van der Waals surface area contributed by atoms with E-state index < -0.39 is 5.97 Å². The van der Waals surface area contributed by atoms with Crippen LogP contribution in [-0.2, 0) is 9.53 Å². The second-order valence-electron chi connectivity index (χ2n) is 4.59. The van der Waals surface area contributed by atoms with Crippen molar-refractivity contribution in [2.24, 2.45) is 0 Å². The van der Waals surface area contributed by atoms with Crippen molar-refractivity contribution in [2.75, 3.05) is 13.7 Å². The van der Waals surface area contributed by atoms with Gasteiger partial charge in [-0.15, -0.1) is 11.3 Å². The Balaban J connectivity index is 2.47. The van der Waals surface area contributed by atoms with Crippen LogP contribution in [0.2, 0.25) is 0 Å². The minimum atomic E-state index is -0.392. The maximum Gasteiger partial charge on any atom is 0.330 e. The SMILES string of the molecule is COC(=O)/C=C/CCNC(=O)c1sc(C(C)C)nc1C. The number of amides is 1. The summed E-state index contributed by atoms with van der Waals surface area (Å²) in [4.78, 5) is 27.9. The van der Waals surface area contributed by atoms with Crippen LogP contribution in [0.25, 0.3) is 0 Å². The number of aryl methyl sites for hydroxylation is 1. The average molecular weight is 296 g/mol. The van der Waals surface area contributed by atoms with Gasteiger partial charge in [-0.25, -0.2) is 9.78 Å². The Kier molecular flexibility index (Phi) is 6.38. The Morgan fingerprint density at radius 1 is 1.45 bits per heavy atom. The molecule has 0 aliphatic carbocycles. The third-order valence-electron chi connectivity index (χ3n) is 2.56. The van der Waals surface area contributed by atoms with Crippen molar-refractivity contribution >= 4 is 23.2 Å². The molecule has 1 heterocycles. The maximum absolute atomic E-state index is 12.0. The fourth-order valence-electron chi connectivity index (χ4n) is 1.47. The van der Waals surface area contributed by atoms with Crippen molar-refractivity contribution in [3.8, 4) is 0 Å². The monoisotopic (exact) mass is 296 g/mol. The van der Waals surface area contributed by atoms with Gasteiger partial charge < -0.3 is 10.1 Å². The first kappa shape index (κ1) is 16.4. The topological polar surface area (TPSA) is 68.3 Å². The van der Waals surface area contributed by atoms with E-state index in [4.69, 9.17) is 0 Å². The van der Waals surface area contributed by atoms with E-state index in [0.29, 0.717) is 23.8 Å². The molecule has 0 atom stereocenters. The number of ether oxygens (including phenoxy) is 1. The van der Waals surface area contributed by atoms with Crippen LogP contribution >= 0.6 is 11.3 Å². The highest BCUT2D eigenvalue weighted by molar-refractivity contribution is 7.13. The molecule has 1 amide bonds. The lowest BCUT2D eigenvalue weighted by Crippen LogP contribution is -2.23. The molecule has 0 saturated carbocycles. The summed E-state index contributed by atoms with van der Waals surface area (Å²) in [5.74, 6) is -0.183. The summed E-state index contributed by atoms with van der Waals surface area (Å²) in [6.45, 7) is 6.42. The lowest BCUT2D eigenvalue weighted by molar-refractivity contribution is -0.134. The molecule has 0 radical (unpaired) electrons. The number of methoxy groups -OCH3 is 1. The zero-order valence-electron chi connectivity index (χ0n) is 12.2. The van der Waals surface area contributed by atoms with Crippen molar-refractivity contribution < 1.29 is 14.3 Å². The average Bonchev–Trinajstić information content (AvgIpc) is 2.80. The molecule has 0 aromatic carbocycles. The molecular formula is C14H20N2O3S. The number of esters is 1. The van der Waals surface area contributed by atoms with Gasteiger partial charge in [-0.3, -0.25) is 4.79 Å². The molecule has 1 rings (SSSR count). The molecule has 0 saturated heterocycles. The normalized spacial score (nSPS) is 11.1. The molecule has 0 aliphatic heterocycles. The Labute approximate surface area is 123 Å². The van der Waals surface area contributed by atoms with Gasteiger partial charge in [-0.2, -0.15) is 0 Å². The highest BCUT2D eigenvalue weighted by Gasteiger charge is 2.16. The Morgan fingerprint density at radius 2 is 2.15 bits per heavy atom. The first-order valence-corrected chi connectivity index (χ1v) is 7.27. The summed E-state index contributed by atoms with van der Waals surface area (Å²) < 4.78 is 4.47. The summed E-state index contributed by atoms with van der Waals surface area (Å²) in [5.41, 5.74) is 0.765. The van der Waals surface area contributed by atoms with Gasteiger partial charge in [0.1, 0.15) is 4.88 Å². The van der Waals surface area contributed by atoms with Crippen molar-refractivity contribution in [1.29, 1.82) is 0 Å². The van der Waals surface area contributed by atoms with E-state index in [-0.39, 0.29) is 5.91 Å². The van der Waals surface area contributed by atoms with Gasteiger partial charge >= 0.3 is 5.97 Å². The summed E-state index contributed by atoms with van der Waals surface area (Å²) in [5, 5.41) is 3.78. The van der Waals surface area contributed by atoms with E-state index in [1.165, 1.54) is 24.5 Å². The molecule has 1 aromatic rings. The predicted molar refractivity (Wildman–Crippen MR) is 79.0 cm³/mol. The molecule has 20 heavy (non-hydrogen) atoms. The van der Waals surface area contributed by atoms with Crippen LogP contribution in [0.1, 0.15) is 46.6 Å². The van der Waals surface area contributed by atoms with E-state index in [2.05, 4.69) is 28.9 Å². The highest BCUT2D eigenvalue weighted by Crippen LogP contribution is 2.24. The molecule has 1 N–H and O–H groups in total. The second-order valence-corrected chi connectivity index (χ2v) is 5.62. The van der Waals surface area contributed by atoms with Crippen LogP contribution in [0, 0.1) is 6.92 Å². The number of carbonyl (C=O) groups excluding carboxylic acids is 2. The van der Waals surface area contributed by atoms with Gasteiger partial charge in [-0.05, 0) is 13.3 Å². The number of carbonyl (C=O) groups is 2. The van der Waals surface area contributed by atoms with Crippen LogP contribution < -0.4 is 5.32 Å². The number of thiazole rings is 1. The molecule has 110 valence electrons. The molecule has 5 nitrogen and oxygen atoms in total. The van der Waals surface area contributed by atoms with Crippen molar-refractivity contribution in [1.82, 2.24) is 10.3 Å². The second kappa shape index (κ2) is 7.79. The van der Waals surface area contributed by atoms with E-state index in [9.17, 15) is 9.59 Å². The lowest BCUT2D eigenvalue weighted by atomic mass is 10.2. The van der Waals surface area contributed by atoms with Gasteiger partial charge in [0, 0.05) is 18.5 Å². The third kappa shape index (κ3) is 4.77. The fourth-order valence-corrected chi connectivity index (χ4v) is 2.46. The van der Waals surface area contributed by atoms with E-state index in [0.717, 1.165) is 10.7 Å². The van der Waals surface area contributed by atoms with Crippen LogP contribution in [0.15, 0.2) is 12.2 Å². The molecule has 1 aromatic heterocycles. The van der Waals surface area contributed by atoms with E-state index >= 15 is 0 Å². The number of rotatable bonds is 6. The van der Waals surface area contributed by atoms with Crippen molar-refractivity contribution in [2.45, 2.75) is 33.1 Å². The van der Waals surface area contributed by atoms with E-state index in [1.807, 2.05) is 6.92 Å². The third-order valence-corrected chi connectivity index (χ3v) is 4.02. The van der Waals surface area contributed by atoms with Crippen LogP contribution in [-0.4, -0.2) is 30.5 Å². The molecular weight excluding hydrogens is 276 g/mol. The molecule has 0 spiro atoms. The predicted octanol–water partition coefficient (Wildman–Crippen LogP) is 2.42. The summed E-state index contributed by atoms with van der Waals surface area (Å²) in [6.07, 6.45) is 3.60. The van der Waals surface area contributed by atoms with Gasteiger partial charge in [0.25, 0.3) is 5.91 Å². The molecule has 0 bridgehead atoms. The minimum absolute atomic E-state index is 0.113. The number of nitrogens with zero attached hydrogens (tertiary/aromatic N) is 1. The molecule has 0 fully saturated rings. The number of nitrogens with one attached hydrogen (secondary N) is 1. The van der Waals surface area contributed by atoms with Gasteiger partial charge in [0.2, 0.25) is 0 Å². The number of hydrogen-bond acceptors (Lipinski definition) is 5. The van der Waals surface area contributed by atoms with E-state index in [1.54, 1.807) is 6.08 Å². The summed E-state index contributed by atoms with van der Waals surface area (Å²) in [7, 11) is 1.33. The highest BCUT2D eigenvalue weighted by atomic mass is 32.1. The molecule has 0 aliphatic rings. The van der Waals surface area contributed by atoms with Crippen LogP contribution in [0.3, 0.4) is 0 Å². The van der Waals surface area contributed by atoms with Crippen molar-refractivity contribution in [3.63, 3.8) is 0 Å².